The predicted molar refractivity (Wildman–Crippen MR) is 85.6 cm³/mol. The Labute approximate surface area is 123 Å². The largest absolute Gasteiger partial charge is 0.378 e. The predicted octanol–water partition coefficient (Wildman–Crippen LogP) is 2.34. The number of thioether (sulfide) groups is 1. The summed E-state index contributed by atoms with van der Waals surface area (Å²) in [5.41, 5.74) is 15.5. The summed E-state index contributed by atoms with van der Waals surface area (Å²) in [6.07, 6.45) is 3.79. The summed E-state index contributed by atoms with van der Waals surface area (Å²) in [5.74, 6) is 0.906. The molecule has 0 saturated heterocycles. The van der Waals surface area contributed by atoms with Gasteiger partial charge in [0, 0.05) is 12.7 Å². The van der Waals surface area contributed by atoms with Gasteiger partial charge in [0.1, 0.15) is 0 Å². The molecule has 0 aliphatic rings. The Bertz CT molecular complexity index is 618. The van der Waals surface area contributed by atoms with Crippen molar-refractivity contribution in [1.29, 1.82) is 0 Å². The topological polar surface area (TPSA) is 82.2 Å². The van der Waals surface area contributed by atoms with Crippen molar-refractivity contribution in [3.63, 3.8) is 0 Å². The van der Waals surface area contributed by atoms with Crippen LogP contribution in [0.25, 0.3) is 5.69 Å². The van der Waals surface area contributed by atoms with Crippen molar-refractivity contribution in [3.05, 3.63) is 41.7 Å². The lowest BCUT2D eigenvalue weighted by Gasteiger charge is -2.09. The van der Waals surface area contributed by atoms with Gasteiger partial charge in [0.25, 0.3) is 0 Å². The first-order valence-corrected chi connectivity index (χ1v) is 7.44. The maximum Gasteiger partial charge on any atom is 0.159 e. The van der Waals surface area contributed by atoms with Crippen molar-refractivity contribution in [2.45, 2.75) is 20.4 Å². The van der Waals surface area contributed by atoms with Crippen LogP contribution in [0.15, 0.2) is 35.6 Å². The quantitative estimate of drug-likeness (QED) is 0.668. The number of nitrogens with zero attached hydrogens (tertiary/aromatic N) is 3. The van der Waals surface area contributed by atoms with E-state index >= 15 is 0 Å². The van der Waals surface area contributed by atoms with Crippen LogP contribution in [-0.4, -0.2) is 20.7 Å². The lowest BCUT2D eigenvalue weighted by Crippen LogP contribution is -2.07. The van der Waals surface area contributed by atoms with Crippen molar-refractivity contribution in [3.8, 4) is 5.69 Å². The van der Waals surface area contributed by atoms with E-state index in [-0.39, 0.29) is 0 Å². The van der Waals surface area contributed by atoms with Gasteiger partial charge in [0.05, 0.1) is 17.6 Å². The van der Waals surface area contributed by atoms with Gasteiger partial charge in [-0.05, 0) is 42.0 Å². The Hall–Kier alpha value is -1.79. The molecule has 0 fully saturated rings. The fourth-order valence-corrected chi connectivity index (χ4v) is 2.35. The van der Waals surface area contributed by atoms with E-state index < -0.39 is 0 Å². The summed E-state index contributed by atoms with van der Waals surface area (Å²) < 4.78 is 1.83. The number of benzene rings is 1. The highest BCUT2D eigenvalue weighted by Gasteiger charge is 2.06. The van der Waals surface area contributed by atoms with Gasteiger partial charge in [-0.2, -0.15) is 5.10 Å². The summed E-state index contributed by atoms with van der Waals surface area (Å²) >= 11 is 1.52. The molecule has 0 bridgehead atoms. The zero-order valence-corrected chi connectivity index (χ0v) is 12.5. The highest BCUT2D eigenvalue weighted by Crippen LogP contribution is 2.22. The molecule has 0 amide bonds. The molecule has 0 unspecified atom stereocenters. The minimum absolute atomic E-state index is 0.429. The van der Waals surface area contributed by atoms with Gasteiger partial charge in [-0.1, -0.05) is 18.7 Å². The fraction of sp³-hybridized carbons (Fsp3) is 0.286. The molecule has 4 N–H and O–H groups in total. The third-order valence-corrected chi connectivity index (χ3v) is 3.45. The molecule has 5 nitrogen and oxygen atoms in total. The first kappa shape index (κ1) is 14.6. The van der Waals surface area contributed by atoms with Crippen LogP contribution >= 0.6 is 11.8 Å². The number of hydrogen-bond acceptors (Lipinski definition) is 4. The molecule has 1 aromatic carbocycles. The number of amidine groups is 1. The van der Waals surface area contributed by atoms with Crippen LogP contribution in [0.3, 0.4) is 0 Å². The van der Waals surface area contributed by atoms with Crippen LogP contribution in [0.2, 0.25) is 0 Å². The Morgan fingerprint density at radius 2 is 2.25 bits per heavy atom. The van der Waals surface area contributed by atoms with E-state index in [1.165, 1.54) is 11.8 Å². The summed E-state index contributed by atoms with van der Waals surface area (Å²) in [6, 6.07) is 5.85. The van der Waals surface area contributed by atoms with Crippen LogP contribution in [0, 0.1) is 6.92 Å². The SMILES string of the molecule is CCSC(N)=Nc1ccc(-n2cc(C)cn2)c(CN)c1. The molecule has 2 rings (SSSR count). The summed E-state index contributed by atoms with van der Waals surface area (Å²) in [5, 5.41) is 4.88. The second-order valence-corrected chi connectivity index (χ2v) is 5.65. The first-order chi connectivity index (χ1) is 9.63. The van der Waals surface area contributed by atoms with Gasteiger partial charge < -0.3 is 11.5 Å². The van der Waals surface area contributed by atoms with Crippen molar-refractivity contribution in [2.24, 2.45) is 16.5 Å². The Balaban J connectivity index is 2.35. The molecule has 1 heterocycles. The molecular formula is C14H19N5S. The maximum absolute atomic E-state index is 5.83. The van der Waals surface area contributed by atoms with E-state index in [2.05, 4.69) is 10.1 Å². The normalized spacial score (nSPS) is 11.8. The lowest BCUT2D eigenvalue weighted by molar-refractivity contribution is 0.858. The summed E-state index contributed by atoms with van der Waals surface area (Å²) in [6.45, 7) is 4.48. The molecule has 1 aromatic heterocycles. The molecule has 0 spiro atoms. The van der Waals surface area contributed by atoms with Crippen molar-refractivity contribution < 1.29 is 0 Å². The fourth-order valence-electron chi connectivity index (χ4n) is 1.88. The second kappa shape index (κ2) is 6.58. The number of nitrogens with two attached hydrogens (primary N) is 2. The monoisotopic (exact) mass is 289 g/mol. The third kappa shape index (κ3) is 3.40. The average Bonchev–Trinajstić information content (AvgIpc) is 2.85. The zero-order chi connectivity index (χ0) is 14.5. The molecule has 0 saturated carbocycles. The molecule has 0 atom stereocenters. The van der Waals surface area contributed by atoms with Crippen LogP contribution in [0.4, 0.5) is 5.69 Å². The maximum atomic E-state index is 5.83. The van der Waals surface area contributed by atoms with E-state index in [0.29, 0.717) is 11.7 Å². The molecule has 0 aliphatic heterocycles. The molecule has 6 heteroatoms. The van der Waals surface area contributed by atoms with Gasteiger partial charge in [-0.25, -0.2) is 9.67 Å². The Kier molecular flexibility index (Phi) is 4.81. The van der Waals surface area contributed by atoms with Crippen LogP contribution in [0.5, 0.6) is 0 Å². The van der Waals surface area contributed by atoms with Gasteiger partial charge in [-0.15, -0.1) is 0 Å². The van der Waals surface area contributed by atoms with Crippen molar-refractivity contribution >= 4 is 22.6 Å². The third-order valence-electron chi connectivity index (χ3n) is 2.77. The van der Waals surface area contributed by atoms with Crippen LogP contribution < -0.4 is 11.5 Å². The summed E-state index contributed by atoms with van der Waals surface area (Å²) in [4.78, 5) is 4.37. The molecule has 0 radical (unpaired) electrons. The molecule has 106 valence electrons. The standard InChI is InChI=1S/C14H19N5S/c1-3-20-14(16)18-12-4-5-13(11(6-12)7-15)19-9-10(2)8-17-19/h4-6,8-9H,3,7,15H2,1-2H3,(H2,16,18). The second-order valence-electron chi connectivity index (χ2n) is 4.36. The lowest BCUT2D eigenvalue weighted by atomic mass is 10.1. The minimum Gasteiger partial charge on any atom is -0.378 e. The van der Waals surface area contributed by atoms with E-state index in [1.54, 1.807) is 0 Å². The van der Waals surface area contributed by atoms with Crippen molar-refractivity contribution in [1.82, 2.24) is 9.78 Å². The van der Waals surface area contributed by atoms with Gasteiger partial charge in [0.15, 0.2) is 5.17 Å². The molecule has 20 heavy (non-hydrogen) atoms. The molecular weight excluding hydrogens is 270 g/mol. The Morgan fingerprint density at radius 1 is 1.45 bits per heavy atom. The number of aliphatic imine (C=N–C) groups is 1. The highest BCUT2D eigenvalue weighted by atomic mass is 32.2. The highest BCUT2D eigenvalue weighted by molar-refractivity contribution is 8.13. The molecule has 2 aromatic rings. The van der Waals surface area contributed by atoms with Gasteiger partial charge in [0.2, 0.25) is 0 Å². The summed E-state index contributed by atoms with van der Waals surface area (Å²) in [7, 11) is 0. The van der Waals surface area contributed by atoms with Gasteiger partial charge >= 0.3 is 0 Å². The smallest absolute Gasteiger partial charge is 0.159 e. The minimum atomic E-state index is 0.429. The number of aromatic nitrogens is 2. The van der Waals surface area contributed by atoms with E-state index in [9.17, 15) is 0 Å². The zero-order valence-electron chi connectivity index (χ0n) is 11.7. The van der Waals surface area contributed by atoms with Crippen molar-refractivity contribution in [2.75, 3.05) is 5.75 Å². The Morgan fingerprint density at radius 3 is 2.85 bits per heavy atom. The van der Waals surface area contributed by atoms with Crippen LogP contribution in [0.1, 0.15) is 18.1 Å². The number of hydrogen-bond donors (Lipinski definition) is 2. The van der Waals surface area contributed by atoms with Gasteiger partial charge in [-0.3, -0.25) is 0 Å². The van der Waals surface area contributed by atoms with E-state index in [4.69, 9.17) is 11.5 Å². The van der Waals surface area contributed by atoms with E-state index in [0.717, 1.165) is 28.3 Å². The number of aryl methyl sites for hydroxylation is 1. The van der Waals surface area contributed by atoms with Crippen LogP contribution in [-0.2, 0) is 6.54 Å². The number of rotatable bonds is 4. The first-order valence-electron chi connectivity index (χ1n) is 6.45. The molecule has 0 aliphatic carbocycles. The van der Waals surface area contributed by atoms with E-state index in [1.807, 2.05) is 49.1 Å². The average molecular weight is 289 g/mol.